The predicted octanol–water partition coefficient (Wildman–Crippen LogP) is 3.47. The first-order valence-corrected chi connectivity index (χ1v) is 6.07. The van der Waals surface area contributed by atoms with Crippen LogP contribution in [0.3, 0.4) is 0 Å². The Morgan fingerprint density at radius 2 is 1.45 bits per heavy atom. The van der Waals surface area contributed by atoms with Gasteiger partial charge in [-0.15, -0.1) is 0 Å². The minimum absolute atomic E-state index is 0.0289. The van der Waals surface area contributed by atoms with Gasteiger partial charge in [0, 0.05) is 5.56 Å². The highest BCUT2D eigenvalue weighted by molar-refractivity contribution is 5.94. The van der Waals surface area contributed by atoms with Crippen LogP contribution in [-0.2, 0) is 4.74 Å². The third-order valence-corrected chi connectivity index (χ3v) is 2.73. The molecular formula is C16H14O4. The Bertz CT molecular complexity index is 646. The van der Waals surface area contributed by atoms with E-state index in [0.29, 0.717) is 22.6 Å². The molecule has 0 saturated heterocycles. The molecule has 0 unspecified atom stereocenters. The van der Waals surface area contributed by atoms with Gasteiger partial charge in [-0.2, -0.15) is 0 Å². The lowest BCUT2D eigenvalue weighted by molar-refractivity contribution is 0.0600. The van der Waals surface area contributed by atoms with Crippen molar-refractivity contribution in [2.45, 2.75) is 6.92 Å². The van der Waals surface area contributed by atoms with E-state index in [-0.39, 0.29) is 5.78 Å². The van der Waals surface area contributed by atoms with Crippen LogP contribution in [0.5, 0.6) is 11.5 Å². The monoisotopic (exact) mass is 270 g/mol. The third kappa shape index (κ3) is 3.23. The van der Waals surface area contributed by atoms with E-state index >= 15 is 0 Å². The second-order valence-electron chi connectivity index (χ2n) is 4.21. The van der Waals surface area contributed by atoms with Gasteiger partial charge in [-0.3, -0.25) is 4.79 Å². The number of methoxy groups -OCH3 is 1. The normalized spacial score (nSPS) is 9.90. The first kappa shape index (κ1) is 13.8. The van der Waals surface area contributed by atoms with Crippen LogP contribution in [0.25, 0.3) is 0 Å². The number of esters is 1. The molecule has 0 fully saturated rings. The number of carbonyl (C=O) groups excluding carboxylic acids is 2. The molecule has 20 heavy (non-hydrogen) atoms. The van der Waals surface area contributed by atoms with Gasteiger partial charge in [-0.1, -0.05) is 18.2 Å². The quantitative estimate of drug-likeness (QED) is 0.630. The van der Waals surface area contributed by atoms with Crippen molar-refractivity contribution >= 4 is 11.8 Å². The molecule has 0 radical (unpaired) electrons. The van der Waals surface area contributed by atoms with E-state index < -0.39 is 5.97 Å². The largest absolute Gasteiger partial charge is 0.465 e. The van der Waals surface area contributed by atoms with Crippen LogP contribution in [0.1, 0.15) is 27.6 Å². The maximum atomic E-state index is 11.4. The number of hydrogen-bond acceptors (Lipinski definition) is 4. The zero-order valence-corrected chi connectivity index (χ0v) is 11.3. The van der Waals surface area contributed by atoms with Gasteiger partial charge in [0.15, 0.2) is 5.78 Å². The topological polar surface area (TPSA) is 52.6 Å². The molecule has 0 saturated carbocycles. The number of hydrogen-bond donors (Lipinski definition) is 0. The summed E-state index contributed by atoms with van der Waals surface area (Å²) in [7, 11) is 1.33. The first-order valence-electron chi connectivity index (χ1n) is 6.07. The fraction of sp³-hybridized carbons (Fsp3) is 0.125. The predicted molar refractivity (Wildman–Crippen MR) is 74.3 cm³/mol. The van der Waals surface area contributed by atoms with Gasteiger partial charge in [0.1, 0.15) is 11.5 Å². The van der Waals surface area contributed by atoms with Gasteiger partial charge < -0.3 is 9.47 Å². The maximum Gasteiger partial charge on any atom is 0.337 e. The van der Waals surface area contributed by atoms with Crippen LogP contribution in [-0.4, -0.2) is 18.9 Å². The molecule has 0 aliphatic carbocycles. The third-order valence-electron chi connectivity index (χ3n) is 2.73. The molecule has 0 aromatic heterocycles. The van der Waals surface area contributed by atoms with E-state index in [2.05, 4.69) is 4.74 Å². The molecule has 4 nitrogen and oxygen atoms in total. The lowest BCUT2D eigenvalue weighted by Crippen LogP contribution is -2.01. The molecule has 0 aliphatic heterocycles. The van der Waals surface area contributed by atoms with Crippen molar-refractivity contribution in [1.29, 1.82) is 0 Å². The molecule has 102 valence electrons. The van der Waals surface area contributed by atoms with Gasteiger partial charge in [0.25, 0.3) is 0 Å². The van der Waals surface area contributed by atoms with E-state index in [4.69, 9.17) is 4.74 Å². The van der Waals surface area contributed by atoms with Crippen LogP contribution in [0.4, 0.5) is 0 Å². The number of carbonyl (C=O) groups is 2. The highest BCUT2D eigenvalue weighted by Gasteiger charge is 2.07. The lowest BCUT2D eigenvalue weighted by atomic mass is 10.1. The Morgan fingerprint density at radius 3 is 2.00 bits per heavy atom. The molecular weight excluding hydrogens is 256 g/mol. The molecule has 0 aliphatic rings. The lowest BCUT2D eigenvalue weighted by Gasteiger charge is -2.07. The molecule has 0 N–H and O–H groups in total. The van der Waals surface area contributed by atoms with Gasteiger partial charge in [0.05, 0.1) is 12.7 Å². The van der Waals surface area contributed by atoms with Gasteiger partial charge in [-0.05, 0) is 37.3 Å². The van der Waals surface area contributed by atoms with Crippen LogP contribution in [0.2, 0.25) is 0 Å². The van der Waals surface area contributed by atoms with Crippen molar-refractivity contribution in [3.05, 3.63) is 59.7 Å². The fourth-order valence-electron chi connectivity index (χ4n) is 1.72. The van der Waals surface area contributed by atoms with E-state index in [0.717, 1.165) is 0 Å². The summed E-state index contributed by atoms with van der Waals surface area (Å²) < 4.78 is 10.3. The smallest absolute Gasteiger partial charge is 0.337 e. The van der Waals surface area contributed by atoms with Crippen molar-refractivity contribution in [3.8, 4) is 11.5 Å². The molecule has 4 heteroatoms. The SMILES string of the molecule is COC(=O)c1cccc(Oc2cccc(C(C)=O)c2)c1. The summed E-state index contributed by atoms with van der Waals surface area (Å²) in [6.07, 6.45) is 0. The molecule has 2 rings (SSSR count). The fourth-order valence-corrected chi connectivity index (χ4v) is 1.72. The summed E-state index contributed by atoms with van der Waals surface area (Å²) in [6.45, 7) is 1.50. The van der Waals surface area contributed by atoms with Crippen molar-refractivity contribution in [1.82, 2.24) is 0 Å². The number of ketones is 1. The van der Waals surface area contributed by atoms with Crippen LogP contribution in [0.15, 0.2) is 48.5 Å². The second kappa shape index (κ2) is 6.02. The highest BCUT2D eigenvalue weighted by Crippen LogP contribution is 2.23. The number of ether oxygens (including phenoxy) is 2. The highest BCUT2D eigenvalue weighted by atomic mass is 16.5. The van der Waals surface area contributed by atoms with Crippen LogP contribution in [0, 0.1) is 0 Å². The van der Waals surface area contributed by atoms with Gasteiger partial charge in [-0.25, -0.2) is 4.79 Å². The summed E-state index contributed by atoms with van der Waals surface area (Å²) in [5.41, 5.74) is 0.986. The number of Topliss-reactive ketones (excluding diaryl/α,β-unsaturated/α-hetero) is 1. The Kier molecular flexibility index (Phi) is 4.15. The van der Waals surface area contributed by atoms with Gasteiger partial charge in [0.2, 0.25) is 0 Å². The van der Waals surface area contributed by atoms with Crippen molar-refractivity contribution in [2.24, 2.45) is 0 Å². The molecule has 0 bridgehead atoms. The second-order valence-corrected chi connectivity index (χ2v) is 4.21. The average molecular weight is 270 g/mol. The van der Waals surface area contributed by atoms with Crippen molar-refractivity contribution < 1.29 is 19.1 Å². The Labute approximate surface area is 116 Å². The first-order chi connectivity index (χ1) is 9.60. The van der Waals surface area contributed by atoms with Crippen molar-refractivity contribution in [3.63, 3.8) is 0 Å². The summed E-state index contributed by atoms with van der Waals surface area (Å²) in [4.78, 5) is 22.8. The molecule has 2 aromatic rings. The molecule has 0 heterocycles. The summed E-state index contributed by atoms with van der Waals surface area (Å²) in [6, 6.07) is 13.5. The van der Waals surface area contributed by atoms with E-state index in [1.165, 1.54) is 14.0 Å². The van der Waals surface area contributed by atoms with E-state index in [1.807, 2.05) is 0 Å². The van der Waals surface area contributed by atoms with Crippen LogP contribution < -0.4 is 4.74 Å². The summed E-state index contributed by atoms with van der Waals surface area (Å²) in [5, 5.41) is 0. The molecule has 0 amide bonds. The zero-order chi connectivity index (χ0) is 14.5. The Hall–Kier alpha value is -2.62. The molecule has 0 atom stereocenters. The number of benzene rings is 2. The summed E-state index contributed by atoms with van der Waals surface area (Å²) in [5.74, 6) is 0.597. The molecule has 0 spiro atoms. The summed E-state index contributed by atoms with van der Waals surface area (Å²) >= 11 is 0. The van der Waals surface area contributed by atoms with E-state index in [1.54, 1.807) is 48.5 Å². The van der Waals surface area contributed by atoms with E-state index in [9.17, 15) is 9.59 Å². The Balaban J connectivity index is 2.24. The maximum absolute atomic E-state index is 11.4. The average Bonchev–Trinajstić information content (AvgIpc) is 2.47. The number of rotatable bonds is 4. The molecule has 2 aromatic carbocycles. The standard InChI is InChI=1S/C16H14O4/c1-11(17)12-5-3-7-14(9-12)20-15-8-4-6-13(10-15)16(18)19-2/h3-10H,1-2H3. The Morgan fingerprint density at radius 1 is 0.900 bits per heavy atom. The minimum Gasteiger partial charge on any atom is -0.465 e. The van der Waals surface area contributed by atoms with Gasteiger partial charge >= 0.3 is 5.97 Å². The zero-order valence-electron chi connectivity index (χ0n) is 11.3. The minimum atomic E-state index is -0.423. The van der Waals surface area contributed by atoms with Crippen molar-refractivity contribution in [2.75, 3.05) is 7.11 Å². The van der Waals surface area contributed by atoms with Crippen LogP contribution >= 0.6 is 0 Å².